The number of amides is 1. The molecule has 0 unspecified atom stereocenters. The summed E-state index contributed by atoms with van der Waals surface area (Å²) in [5, 5.41) is 13.3. The third-order valence-electron chi connectivity index (χ3n) is 6.08. The number of hydrogen-bond acceptors (Lipinski definition) is 3. The minimum absolute atomic E-state index is 0.0337. The lowest BCUT2D eigenvalue weighted by atomic mass is 9.82. The van der Waals surface area contributed by atoms with Gasteiger partial charge >= 0.3 is 0 Å². The van der Waals surface area contributed by atoms with Crippen LogP contribution in [0.5, 0.6) is 11.5 Å². The highest BCUT2D eigenvalue weighted by atomic mass is 16.5. The van der Waals surface area contributed by atoms with Gasteiger partial charge < -0.3 is 15.2 Å². The molecular formula is C24H29NO3. The number of hydrogen-bond donors (Lipinski definition) is 2. The van der Waals surface area contributed by atoms with Gasteiger partial charge in [0.25, 0.3) is 0 Å². The lowest BCUT2D eigenvalue weighted by molar-refractivity contribution is -0.126. The van der Waals surface area contributed by atoms with E-state index in [0.717, 1.165) is 31.2 Å². The van der Waals surface area contributed by atoms with Gasteiger partial charge in [-0.05, 0) is 68.7 Å². The Hall–Kier alpha value is -2.49. The molecule has 2 fully saturated rings. The molecule has 0 aromatic heterocycles. The maximum Gasteiger partial charge on any atom is 0.223 e. The van der Waals surface area contributed by atoms with Crippen molar-refractivity contribution < 1.29 is 14.6 Å². The number of rotatable bonds is 5. The molecule has 148 valence electrons. The molecular weight excluding hydrogens is 350 g/mol. The molecule has 4 heteroatoms. The molecule has 0 spiro atoms. The Labute approximate surface area is 166 Å². The van der Waals surface area contributed by atoms with Crippen molar-refractivity contribution in [2.45, 2.75) is 57.5 Å². The molecule has 0 bridgehead atoms. The first-order valence-corrected chi connectivity index (χ1v) is 10.4. The summed E-state index contributed by atoms with van der Waals surface area (Å²) in [5.74, 6) is 1.12. The monoisotopic (exact) mass is 379 g/mol. The van der Waals surface area contributed by atoms with Crippen LogP contribution in [0.3, 0.4) is 0 Å². The molecule has 1 aliphatic heterocycles. The Morgan fingerprint density at radius 3 is 2.75 bits per heavy atom. The summed E-state index contributed by atoms with van der Waals surface area (Å²) in [6.45, 7) is 2.71. The van der Waals surface area contributed by atoms with Gasteiger partial charge in [-0.25, -0.2) is 0 Å². The second kappa shape index (κ2) is 8.26. The van der Waals surface area contributed by atoms with E-state index < -0.39 is 0 Å². The number of carbonyl (C=O) groups excluding carboxylic acids is 1. The van der Waals surface area contributed by atoms with Crippen molar-refractivity contribution in [1.82, 2.24) is 5.32 Å². The van der Waals surface area contributed by atoms with Crippen LogP contribution in [-0.2, 0) is 11.2 Å². The third kappa shape index (κ3) is 4.32. The zero-order valence-electron chi connectivity index (χ0n) is 16.5. The summed E-state index contributed by atoms with van der Waals surface area (Å²) < 4.78 is 6.06. The number of piperidine rings is 1. The predicted octanol–water partition coefficient (Wildman–Crippen LogP) is 4.48. The van der Waals surface area contributed by atoms with E-state index in [0.29, 0.717) is 12.3 Å². The molecule has 1 aliphatic carbocycles. The highest BCUT2D eigenvalue weighted by Gasteiger charge is 2.30. The molecule has 2 aliphatic rings. The van der Waals surface area contributed by atoms with Crippen LogP contribution in [0, 0.1) is 12.8 Å². The van der Waals surface area contributed by atoms with Crippen LogP contribution in [0.2, 0.25) is 0 Å². The average molecular weight is 380 g/mol. The van der Waals surface area contributed by atoms with E-state index in [9.17, 15) is 9.90 Å². The van der Waals surface area contributed by atoms with Gasteiger partial charge in [0.2, 0.25) is 5.91 Å². The fourth-order valence-electron chi connectivity index (χ4n) is 4.52. The zero-order valence-corrected chi connectivity index (χ0v) is 16.5. The van der Waals surface area contributed by atoms with E-state index in [1.165, 1.54) is 24.0 Å². The van der Waals surface area contributed by atoms with Gasteiger partial charge in [0.05, 0.1) is 6.10 Å². The Bertz CT molecular complexity index is 841. The van der Waals surface area contributed by atoms with Crippen molar-refractivity contribution in [3.8, 4) is 11.5 Å². The maximum absolute atomic E-state index is 12.4. The molecule has 2 atom stereocenters. The van der Waals surface area contributed by atoms with Crippen molar-refractivity contribution in [3.63, 3.8) is 0 Å². The molecule has 4 nitrogen and oxygen atoms in total. The van der Waals surface area contributed by atoms with Crippen LogP contribution in [0.15, 0.2) is 42.5 Å². The van der Waals surface area contributed by atoms with E-state index in [1.54, 1.807) is 6.07 Å². The smallest absolute Gasteiger partial charge is 0.223 e. The van der Waals surface area contributed by atoms with Crippen LogP contribution in [0.1, 0.15) is 54.7 Å². The first kappa shape index (κ1) is 18.9. The van der Waals surface area contributed by atoms with Gasteiger partial charge in [-0.1, -0.05) is 35.9 Å². The largest absolute Gasteiger partial charge is 0.504 e. The minimum atomic E-state index is -0.0337. The van der Waals surface area contributed by atoms with Crippen molar-refractivity contribution >= 4 is 5.91 Å². The topological polar surface area (TPSA) is 58.6 Å². The van der Waals surface area contributed by atoms with E-state index in [4.69, 9.17) is 4.74 Å². The number of phenols is 1. The fourth-order valence-corrected chi connectivity index (χ4v) is 4.52. The Kier molecular flexibility index (Phi) is 5.56. The van der Waals surface area contributed by atoms with Gasteiger partial charge in [0, 0.05) is 18.4 Å². The van der Waals surface area contributed by atoms with E-state index in [-0.39, 0.29) is 29.6 Å². The van der Waals surface area contributed by atoms with Crippen LogP contribution in [-0.4, -0.2) is 23.7 Å². The molecule has 4 rings (SSSR count). The predicted molar refractivity (Wildman–Crippen MR) is 110 cm³/mol. The molecule has 2 aromatic rings. The summed E-state index contributed by atoms with van der Waals surface area (Å²) >= 11 is 0. The van der Waals surface area contributed by atoms with Gasteiger partial charge in [0.1, 0.15) is 0 Å². The number of phenolic OH excluding ortho intramolecular Hbond substituents is 1. The van der Waals surface area contributed by atoms with Crippen molar-refractivity contribution in [1.29, 1.82) is 0 Å². The summed E-state index contributed by atoms with van der Waals surface area (Å²) in [4.78, 5) is 12.4. The number of ether oxygens (including phenoxy) is 1. The maximum atomic E-state index is 12.4. The van der Waals surface area contributed by atoms with Gasteiger partial charge in [-0.2, -0.15) is 0 Å². The molecule has 1 saturated carbocycles. The number of aryl methyl sites for hydroxylation is 1. The molecule has 2 aromatic carbocycles. The molecule has 2 N–H and O–H groups in total. The molecule has 1 saturated heterocycles. The first-order chi connectivity index (χ1) is 13.6. The summed E-state index contributed by atoms with van der Waals surface area (Å²) in [6.07, 6.45) is 6.28. The van der Waals surface area contributed by atoms with Gasteiger partial charge in [0.15, 0.2) is 11.5 Å². The van der Waals surface area contributed by atoms with Crippen LogP contribution in [0.4, 0.5) is 0 Å². The molecule has 0 radical (unpaired) electrons. The lowest BCUT2D eigenvalue weighted by Gasteiger charge is -2.30. The SMILES string of the molecule is Cc1cccc(C[C@@H]2C[C@@H](c3ccc(O)c(OC4CCCC4)c3)CNC2=O)c1. The quantitative estimate of drug-likeness (QED) is 0.805. The van der Waals surface area contributed by atoms with E-state index >= 15 is 0 Å². The highest BCUT2D eigenvalue weighted by molar-refractivity contribution is 5.80. The van der Waals surface area contributed by atoms with Crippen molar-refractivity contribution in [2.75, 3.05) is 6.54 Å². The Morgan fingerprint density at radius 2 is 1.96 bits per heavy atom. The Balaban J connectivity index is 1.48. The molecule has 1 heterocycles. The third-order valence-corrected chi connectivity index (χ3v) is 6.08. The standard InChI is InChI=1S/C24H29NO3/c1-16-5-4-6-17(11-16)12-19-13-20(15-25-24(19)27)18-9-10-22(26)23(14-18)28-21-7-2-3-8-21/h4-6,9-11,14,19-21,26H,2-3,7-8,12-13,15H2,1H3,(H,25,27)/t19-,20-/m1/s1. The van der Waals surface area contributed by atoms with Crippen LogP contribution < -0.4 is 10.1 Å². The summed E-state index contributed by atoms with van der Waals surface area (Å²) in [5.41, 5.74) is 3.55. The van der Waals surface area contributed by atoms with Crippen LogP contribution in [0.25, 0.3) is 0 Å². The highest BCUT2D eigenvalue weighted by Crippen LogP contribution is 2.36. The fraction of sp³-hybridized carbons (Fsp3) is 0.458. The second-order valence-electron chi connectivity index (χ2n) is 8.32. The second-order valence-corrected chi connectivity index (χ2v) is 8.32. The van der Waals surface area contributed by atoms with E-state index in [1.807, 2.05) is 12.1 Å². The number of nitrogens with one attached hydrogen (secondary N) is 1. The lowest BCUT2D eigenvalue weighted by Crippen LogP contribution is -2.41. The van der Waals surface area contributed by atoms with Crippen molar-refractivity contribution in [3.05, 3.63) is 59.2 Å². The van der Waals surface area contributed by atoms with Gasteiger partial charge in [-0.15, -0.1) is 0 Å². The minimum Gasteiger partial charge on any atom is -0.504 e. The number of benzene rings is 2. The van der Waals surface area contributed by atoms with Crippen LogP contribution >= 0.6 is 0 Å². The number of aromatic hydroxyl groups is 1. The zero-order chi connectivity index (χ0) is 19.5. The average Bonchev–Trinajstić information content (AvgIpc) is 3.19. The number of carbonyl (C=O) groups is 1. The van der Waals surface area contributed by atoms with Gasteiger partial charge in [-0.3, -0.25) is 4.79 Å². The first-order valence-electron chi connectivity index (χ1n) is 10.4. The normalized spacial score (nSPS) is 22.8. The molecule has 28 heavy (non-hydrogen) atoms. The summed E-state index contributed by atoms with van der Waals surface area (Å²) in [7, 11) is 0. The summed E-state index contributed by atoms with van der Waals surface area (Å²) in [6, 6.07) is 14.0. The molecule has 1 amide bonds. The van der Waals surface area contributed by atoms with Crippen molar-refractivity contribution in [2.24, 2.45) is 5.92 Å². The Morgan fingerprint density at radius 1 is 1.14 bits per heavy atom. The van der Waals surface area contributed by atoms with E-state index in [2.05, 4.69) is 36.5 Å².